The maximum atomic E-state index is 14.5. The van der Waals surface area contributed by atoms with Gasteiger partial charge in [0, 0.05) is 11.6 Å². The van der Waals surface area contributed by atoms with Gasteiger partial charge in [-0.15, -0.1) is 0 Å². The summed E-state index contributed by atoms with van der Waals surface area (Å²) in [4.78, 5) is 12.9. The molecule has 5 heteroatoms. The van der Waals surface area contributed by atoms with Gasteiger partial charge in [0.15, 0.2) is 0 Å². The van der Waals surface area contributed by atoms with Crippen LogP contribution >= 0.6 is 11.8 Å². The third-order valence-electron chi connectivity index (χ3n) is 5.73. The molecule has 0 aliphatic rings. The second kappa shape index (κ2) is 17.4. The number of hydrogen-bond acceptors (Lipinski definition) is 4. The molecule has 0 saturated heterocycles. The third-order valence-corrected chi connectivity index (χ3v) is 6.70. The van der Waals surface area contributed by atoms with Crippen LogP contribution in [-0.4, -0.2) is 18.3 Å². The third kappa shape index (κ3) is 11.4. The van der Waals surface area contributed by atoms with Crippen LogP contribution in [0.1, 0.15) is 101 Å². The van der Waals surface area contributed by atoms with E-state index in [1.807, 2.05) is 0 Å². The predicted octanol–water partition coefficient (Wildman–Crippen LogP) is 9.24. The molecule has 0 saturated carbocycles. The highest BCUT2D eigenvalue weighted by Crippen LogP contribution is 2.29. The van der Waals surface area contributed by atoms with Gasteiger partial charge >= 0.3 is 0 Å². The molecule has 0 aromatic heterocycles. The lowest BCUT2D eigenvalue weighted by Crippen LogP contribution is -2.00. The number of unbranched alkanes of at least 4 members (excludes halogenated alkanes) is 10. The Bertz CT molecular complexity index is 823. The number of carbonyl (C=O) groups excluding carboxylic acids is 1. The van der Waals surface area contributed by atoms with Crippen molar-refractivity contribution in [2.75, 3.05) is 13.2 Å². The van der Waals surface area contributed by atoms with E-state index in [9.17, 15) is 9.18 Å². The Morgan fingerprint density at radius 3 is 1.76 bits per heavy atom. The van der Waals surface area contributed by atoms with Crippen molar-refractivity contribution < 1.29 is 18.7 Å². The van der Waals surface area contributed by atoms with Crippen molar-refractivity contribution >= 4 is 16.9 Å². The average molecular weight is 489 g/mol. The molecule has 0 aliphatic carbocycles. The molecular formula is C29H41FO3S. The maximum absolute atomic E-state index is 14.5. The van der Waals surface area contributed by atoms with Gasteiger partial charge in [-0.05, 0) is 61.0 Å². The lowest BCUT2D eigenvalue weighted by atomic mass is 10.1. The van der Waals surface area contributed by atoms with Gasteiger partial charge in [0.05, 0.1) is 18.1 Å². The van der Waals surface area contributed by atoms with E-state index in [1.165, 1.54) is 63.9 Å². The van der Waals surface area contributed by atoms with Gasteiger partial charge in [-0.25, -0.2) is 4.39 Å². The van der Waals surface area contributed by atoms with Crippen molar-refractivity contribution in [2.24, 2.45) is 0 Å². The highest BCUT2D eigenvalue weighted by molar-refractivity contribution is 8.14. The molecule has 0 heterocycles. The number of halogens is 1. The first-order valence-electron chi connectivity index (χ1n) is 13.0. The maximum Gasteiger partial charge on any atom is 0.224 e. The Kier molecular flexibility index (Phi) is 14.5. The lowest BCUT2D eigenvalue weighted by molar-refractivity contribution is 0.108. The number of ether oxygens (including phenoxy) is 2. The summed E-state index contributed by atoms with van der Waals surface area (Å²) in [5.41, 5.74) is 0.528. The highest BCUT2D eigenvalue weighted by atomic mass is 32.2. The van der Waals surface area contributed by atoms with E-state index in [4.69, 9.17) is 9.47 Å². The van der Waals surface area contributed by atoms with Crippen LogP contribution in [0.3, 0.4) is 0 Å². The van der Waals surface area contributed by atoms with Crippen molar-refractivity contribution in [3.8, 4) is 11.5 Å². The van der Waals surface area contributed by atoms with Gasteiger partial charge in [-0.3, -0.25) is 4.79 Å². The predicted molar refractivity (Wildman–Crippen MR) is 141 cm³/mol. The van der Waals surface area contributed by atoms with Gasteiger partial charge in [0.2, 0.25) is 5.12 Å². The molecular weight excluding hydrogens is 447 g/mol. The van der Waals surface area contributed by atoms with Gasteiger partial charge in [0.1, 0.15) is 17.3 Å². The summed E-state index contributed by atoms with van der Waals surface area (Å²) in [6.45, 7) is 5.70. The summed E-state index contributed by atoms with van der Waals surface area (Å²) in [5, 5.41) is -0.192. The summed E-state index contributed by atoms with van der Waals surface area (Å²) >= 11 is 0.898. The number of benzene rings is 2. The van der Waals surface area contributed by atoms with E-state index in [2.05, 4.69) is 13.8 Å². The van der Waals surface area contributed by atoms with Crippen LogP contribution in [0.25, 0.3) is 0 Å². The van der Waals surface area contributed by atoms with E-state index in [1.54, 1.807) is 36.4 Å². The molecule has 2 rings (SSSR count). The molecule has 0 radical (unpaired) electrons. The molecule has 0 bridgehead atoms. The van der Waals surface area contributed by atoms with E-state index in [0.29, 0.717) is 29.4 Å². The minimum atomic E-state index is -0.433. The fraction of sp³-hybridized carbons (Fsp3) is 0.552. The zero-order chi connectivity index (χ0) is 24.4. The summed E-state index contributed by atoms with van der Waals surface area (Å²) in [7, 11) is 0. The second-order valence-electron chi connectivity index (χ2n) is 8.74. The van der Waals surface area contributed by atoms with Crippen LogP contribution in [0.4, 0.5) is 4.39 Å². The monoisotopic (exact) mass is 488 g/mol. The van der Waals surface area contributed by atoms with Crippen molar-refractivity contribution in [1.29, 1.82) is 0 Å². The van der Waals surface area contributed by atoms with Crippen LogP contribution < -0.4 is 9.47 Å². The second-order valence-corrected chi connectivity index (χ2v) is 9.75. The summed E-state index contributed by atoms with van der Waals surface area (Å²) in [6.07, 6.45) is 14.4. The Labute approximate surface area is 209 Å². The van der Waals surface area contributed by atoms with Crippen molar-refractivity contribution in [2.45, 2.75) is 95.8 Å². The molecule has 0 N–H and O–H groups in total. The van der Waals surface area contributed by atoms with Crippen molar-refractivity contribution in [3.63, 3.8) is 0 Å². The number of hydrogen-bond donors (Lipinski definition) is 0. The molecule has 188 valence electrons. The van der Waals surface area contributed by atoms with Crippen LogP contribution in [0.2, 0.25) is 0 Å². The summed E-state index contributed by atoms with van der Waals surface area (Å²) in [5.74, 6) is 0.834. The average Bonchev–Trinajstić information content (AvgIpc) is 2.85. The molecule has 0 atom stereocenters. The van der Waals surface area contributed by atoms with Gasteiger partial charge in [0.25, 0.3) is 0 Å². The van der Waals surface area contributed by atoms with Gasteiger partial charge < -0.3 is 9.47 Å². The van der Waals surface area contributed by atoms with Crippen LogP contribution in [0, 0.1) is 5.82 Å². The molecule has 2 aromatic rings. The molecule has 0 amide bonds. The Hall–Kier alpha value is -2.01. The van der Waals surface area contributed by atoms with E-state index >= 15 is 0 Å². The first-order valence-corrected chi connectivity index (χ1v) is 13.8. The number of rotatable bonds is 18. The number of thioether (sulfide) groups is 1. The quantitative estimate of drug-likeness (QED) is 0.155. The SMILES string of the molecule is CCCCCCCCOc1ccc(C(=O)Sc2ccc(OCCCCCCCC)cc2F)cc1. The first-order chi connectivity index (χ1) is 16.6. The minimum absolute atomic E-state index is 0.192. The van der Waals surface area contributed by atoms with Crippen LogP contribution in [-0.2, 0) is 0 Å². The smallest absolute Gasteiger partial charge is 0.224 e. The standard InChI is InChI=1S/C29H41FO3S/c1-3-5-7-9-11-13-21-32-25-17-15-24(16-18-25)29(31)34-28-20-19-26(23-27(28)30)33-22-14-12-10-8-6-4-2/h15-20,23H,3-14,21-22H2,1-2H3. The zero-order valence-electron chi connectivity index (χ0n) is 21.0. The fourth-order valence-electron chi connectivity index (χ4n) is 3.64. The van der Waals surface area contributed by atoms with Crippen LogP contribution in [0.15, 0.2) is 47.4 Å². The largest absolute Gasteiger partial charge is 0.494 e. The van der Waals surface area contributed by atoms with E-state index in [0.717, 1.165) is 36.8 Å². The molecule has 0 unspecified atom stereocenters. The Morgan fingerprint density at radius 2 is 1.21 bits per heavy atom. The Balaban J connectivity index is 1.72. The Morgan fingerprint density at radius 1 is 0.706 bits per heavy atom. The molecule has 2 aromatic carbocycles. The molecule has 34 heavy (non-hydrogen) atoms. The van der Waals surface area contributed by atoms with Crippen molar-refractivity contribution in [3.05, 3.63) is 53.8 Å². The minimum Gasteiger partial charge on any atom is -0.494 e. The molecule has 3 nitrogen and oxygen atoms in total. The number of carbonyl (C=O) groups is 1. The molecule has 0 spiro atoms. The zero-order valence-corrected chi connectivity index (χ0v) is 21.8. The van der Waals surface area contributed by atoms with E-state index < -0.39 is 5.82 Å². The van der Waals surface area contributed by atoms with E-state index in [-0.39, 0.29) is 5.12 Å². The summed E-state index contributed by atoms with van der Waals surface area (Å²) < 4.78 is 25.9. The normalized spacial score (nSPS) is 10.9. The highest BCUT2D eigenvalue weighted by Gasteiger charge is 2.13. The fourth-order valence-corrected chi connectivity index (χ4v) is 4.39. The van der Waals surface area contributed by atoms with Gasteiger partial charge in [-0.2, -0.15) is 0 Å². The topological polar surface area (TPSA) is 35.5 Å². The first kappa shape index (κ1) is 28.2. The summed E-state index contributed by atoms with van der Waals surface area (Å²) in [6, 6.07) is 11.8. The molecule has 0 aliphatic heterocycles. The van der Waals surface area contributed by atoms with Crippen molar-refractivity contribution in [1.82, 2.24) is 0 Å². The molecule has 0 fully saturated rings. The van der Waals surface area contributed by atoms with Gasteiger partial charge in [-0.1, -0.05) is 78.1 Å². The lowest BCUT2D eigenvalue weighted by Gasteiger charge is -2.09. The van der Waals surface area contributed by atoms with Crippen LogP contribution in [0.5, 0.6) is 11.5 Å².